The van der Waals surface area contributed by atoms with E-state index in [1.807, 2.05) is 24.4 Å². The molecule has 9 heteroatoms. The summed E-state index contributed by atoms with van der Waals surface area (Å²) in [4.78, 5) is 15.8. The van der Waals surface area contributed by atoms with E-state index in [0.717, 1.165) is 38.5 Å². The van der Waals surface area contributed by atoms with Gasteiger partial charge in [-0.1, -0.05) is 17.4 Å². The summed E-state index contributed by atoms with van der Waals surface area (Å²) in [7, 11) is 0. The Labute approximate surface area is 176 Å². The molecule has 4 heterocycles. The van der Waals surface area contributed by atoms with E-state index >= 15 is 0 Å². The average Bonchev–Trinajstić information content (AvgIpc) is 2.99. The fourth-order valence-corrected chi connectivity index (χ4v) is 4.24. The minimum absolute atomic E-state index is 0.380. The van der Waals surface area contributed by atoms with Crippen LogP contribution in [0, 0.1) is 11.3 Å². The van der Waals surface area contributed by atoms with Crippen LogP contribution in [0.25, 0.3) is 21.5 Å². The number of aromatic nitrogens is 3. The predicted octanol–water partition coefficient (Wildman–Crippen LogP) is 3.19. The van der Waals surface area contributed by atoms with E-state index in [9.17, 15) is 5.26 Å². The Bertz CT molecular complexity index is 1310. The predicted molar refractivity (Wildman–Crippen MR) is 117 cm³/mol. The fourth-order valence-electron chi connectivity index (χ4n) is 3.59. The van der Waals surface area contributed by atoms with E-state index < -0.39 is 0 Å². The normalized spacial score (nSPS) is 13.4. The van der Waals surface area contributed by atoms with Crippen LogP contribution in [0.5, 0.6) is 5.75 Å². The first-order chi connectivity index (χ1) is 14.6. The lowest BCUT2D eigenvalue weighted by Gasteiger charge is -2.23. The molecule has 5 rings (SSSR count). The zero-order chi connectivity index (χ0) is 20.7. The molecule has 8 nitrogen and oxygen atoms in total. The number of nitrogens with two attached hydrogens (primary N) is 2. The molecule has 0 aliphatic carbocycles. The number of anilines is 3. The Kier molecular flexibility index (Phi) is 4.34. The van der Waals surface area contributed by atoms with E-state index in [1.54, 1.807) is 6.07 Å². The maximum absolute atomic E-state index is 9.48. The van der Waals surface area contributed by atoms with Crippen molar-refractivity contribution in [3.63, 3.8) is 0 Å². The van der Waals surface area contributed by atoms with Crippen molar-refractivity contribution in [2.45, 2.75) is 6.54 Å². The van der Waals surface area contributed by atoms with Gasteiger partial charge in [0.15, 0.2) is 5.13 Å². The van der Waals surface area contributed by atoms with Gasteiger partial charge in [-0.25, -0.2) is 15.0 Å². The van der Waals surface area contributed by atoms with E-state index in [1.165, 1.54) is 17.5 Å². The smallest absolute Gasteiger partial charge is 0.182 e. The Morgan fingerprint density at radius 1 is 1.10 bits per heavy atom. The van der Waals surface area contributed by atoms with Crippen LogP contribution in [0.2, 0.25) is 0 Å². The van der Waals surface area contributed by atoms with Gasteiger partial charge in [0.05, 0.1) is 17.8 Å². The highest BCUT2D eigenvalue weighted by Crippen LogP contribution is 2.33. The topological polar surface area (TPSA) is 127 Å². The summed E-state index contributed by atoms with van der Waals surface area (Å²) in [6.07, 6.45) is 3.34. The SMILES string of the molecule is N#Cc1cnc(N)cc1N1CCOc2ccc(-c3cnc4sc(N)nc4c3)cc2C1. The molecule has 148 valence electrons. The maximum Gasteiger partial charge on any atom is 0.182 e. The Morgan fingerprint density at radius 3 is 2.87 bits per heavy atom. The number of thiazole rings is 1. The summed E-state index contributed by atoms with van der Waals surface area (Å²) in [5, 5.41) is 9.98. The molecule has 0 spiro atoms. The second-order valence-corrected chi connectivity index (χ2v) is 7.94. The third-order valence-corrected chi connectivity index (χ3v) is 5.81. The number of hydrogen-bond donors (Lipinski definition) is 2. The standard InChI is InChI=1S/C21H17N7OS/c22-8-15-10-25-19(23)7-17(15)28-3-4-29-18-2-1-12(5-14(18)11-28)13-6-16-20(26-9-13)30-21(24)27-16/h1-2,5-7,9-10H,3-4,11H2,(H2,23,25)(H2,24,27). The van der Waals surface area contributed by atoms with Gasteiger partial charge in [-0.05, 0) is 23.8 Å². The first-order valence-electron chi connectivity index (χ1n) is 9.29. The van der Waals surface area contributed by atoms with Crippen LogP contribution in [-0.4, -0.2) is 28.1 Å². The van der Waals surface area contributed by atoms with Gasteiger partial charge in [-0.15, -0.1) is 0 Å². The molecular weight excluding hydrogens is 398 g/mol. The molecule has 0 bridgehead atoms. The van der Waals surface area contributed by atoms with Crippen molar-refractivity contribution >= 4 is 38.3 Å². The van der Waals surface area contributed by atoms with Crippen molar-refractivity contribution in [1.29, 1.82) is 5.26 Å². The first-order valence-corrected chi connectivity index (χ1v) is 10.1. The number of hydrogen-bond acceptors (Lipinski definition) is 9. The molecule has 0 amide bonds. The monoisotopic (exact) mass is 415 g/mol. The number of nitriles is 1. The van der Waals surface area contributed by atoms with Gasteiger partial charge >= 0.3 is 0 Å². The molecule has 0 fully saturated rings. The highest BCUT2D eigenvalue weighted by atomic mass is 32.1. The number of fused-ring (bicyclic) bond motifs is 2. The lowest BCUT2D eigenvalue weighted by molar-refractivity contribution is 0.331. The largest absolute Gasteiger partial charge is 0.491 e. The molecule has 0 atom stereocenters. The van der Waals surface area contributed by atoms with Crippen LogP contribution in [0.4, 0.5) is 16.6 Å². The van der Waals surface area contributed by atoms with Crippen LogP contribution in [0.3, 0.4) is 0 Å². The molecule has 0 radical (unpaired) electrons. The van der Waals surface area contributed by atoms with E-state index in [4.69, 9.17) is 16.2 Å². The minimum Gasteiger partial charge on any atom is -0.491 e. The molecule has 1 aliphatic heterocycles. The van der Waals surface area contributed by atoms with Crippen molar-refractivity contribution in [2.75, 3.05) is 29.5 Å². The number of nitrogen functional groups attached to an aromatic ring is 2. The van der Waals surface area contributed by atoms with Crippen molar-refractivity contribution < 1.29 is 4.74 Å². The Hall–Kier alpha value is -3.90. The first kappa shape index (κ1) is 18.1. The Balaban J connectivity index is 1.53. The highest BCUT2D eigenvalue weighted by Gasteiger charge is 2.20. The number of benzene rings is 1. The van der Waals surface area contributed by atoms with Crippen LogP contribution in [-0.2, 0) is 6.54 Å². The average molecular weight is 415 g/mol. The van der Waals surface area contributed by atoms with Crippen LogP contribution in [0.15, 0.2) is 42.7 Å². The number of ether oxygens (including phenoxy) is 1. The molecule has 0 saturated carbocycles. The lowest BCUT2D eigenvalue weighted by atomic mass is 10.0. The van der Waals surface area contributed by atoms with E-state index in [-0.39, 0.29) is 0 Å². The molecular formula is C21H17N7OS. The summed E-state index contributed by atoms with van der Waals surface area (Å²) in [6, 6.07) is 12.0. The van der Waals surface area contributed by atoms with Gasteiger partial charge in [0, 0.05) is 36.1 Å². The zero-order valence-electron chi connectivity index (χ0n) is 15.9. The van der Waals surface area contributed by atoms with Gasteiger partial charge in [-0.2, -0.15) is 5.26 Å². The van der Waals surface area contributed by atoms with Gasteiger partial charge in [0.2, 0.25) is 0 Å². The maximum atomic E-state index is 9.48. The number of rotatable bonds is 2. The molecule has 0 saturated heterocycles. The lowest BCUT2D eigenvalue weighted by Crippen LogP contribution is -2.26. The summed E-state index contributed by atoms with van der Waals surface area (Å²) in [6.45, 7) is 1.72. The second kappa shape index (κ2) is 7.17. The van der Waals surface area contributed by atoms with Gasteiger partial charge < -0.3 is 21.1 Å². The van der Waals surface area contributed by atoms with Crippen LogP contribution < -0.4 is 21.1 Å². The van der Waals surface area contributed by atoms with Crippen molar-refractivity contribution in [3.8, 4) is 22.9 Å². The highest BCUT2D eigenvalue weighted by molar-refractivity contribution is 7.21. The van der Waals surface area contributed by atoms with Gasteiger partial charge in [0.1, 0.15) is 34.6 Å². The quantitative estimate of drug-likeness (QED) is 0.511. The van der Waals surface area contributed by atoms with Gasteiger partial charge in [0.25, 0.3) is 0 Å². The molecule has 3 aromatic heterocycles. The zero-order valence-corrected chi connectivity index (χ0v) is 16.7. The molecule has 1 aromatic carbocycles. The summed E-state index contributed by atoms with van der Waals surface area (Å²) in [5.41, 5.74) is 16.7. The Morgan fingerprint density at radius 2 is 2.00 bits per heavy atom. The third kappa shape index (κ3) is 3.23. The summed E-state index contributed by atoms with van der Waals surface area (Å²) >= 11 is 1.37. The van der Waals surface area contributed by atoms with Gasteiger partial charge in [-0.3, -0.25) is 0 Å². The van der Waals surface area contributed by atoms with Crippen LogP contribution in [0.1, 0.15) is 11.1 Å². The summed E-state index contributed by atoms with van der Waals surface area (Å²) in [5.74, 6) is 1.21. The molecule has 0 unspecified atom stereocenters. The molecule has 4 N–H and O–H groups in total. The molecule has 1 aliphatic rings. The van der Waals surface area contributed by atoms with E-state index in [0.29, 0.717) is 36.2 Å². The number of pyridine rings is 2. The van der Waals surface area contributed by atoms with Crippen molar-refractivity contribution in [2.24, 2.45) is 0 Å². The molecule has 4 aromatic rings. The van der Waals surface area contributed by atoms with Crippen LogP contribution >= 0.6 is 11.3 Å². The van der Waals surface area contributed by atoms with Crippen molar-refractivity contribution in [1.82, 2.24) is 15.0 Å². The fraction of sp³-hybridized carbons (Fsp3) is 0.143. The van der Waals surface area contributed by atoms with Crippen molar-refractivity contribution in [3.05, 3.63) is 53.9 Å². The second-order valence-electron chi connectivity index (χ2n) is 6.93. The minimum atomic E-state index is 0.380. The third-order valence-electron chi connectivity index (χ3n) is 5.00. The summed E-state index contributed by atoms with van der Waals surface area (Å²) < 4.78 is 5.95. The van der Waals surface area contributed by atoms with E-state index in [2.05, 4.69) is 32.0 Å². The molecule has 30 heavy (non-hydrogen) atoms. The number of nitrogens with zero attached hydrogens (tertiary/aromatic N) is 5.